The average Bonchev–Trinajstić information content (AvgIpc) is 2.17. The number of nitrogens with zero attached hydrogens (tertiary/aromatic N) is 1. The summed E-state index contributed by atoms with van der Waals surface area (Å²) in [6.45, 7) is 1.01. The van der Waals surface area contributed by atoms with Crippen LogP contribution >= 0.6 is 0 Å². The van der Waals surface area contributed by atoms with Crippen LogP contribution in [0.3, 0.4) is 0 Å². The molecule has 3 nitrogen and oxygen atoms in total. The van der Waals surface area contributed by atoms with Crippen molar-refractivity contribution in [1.29, 1.82) is 0 Å². The Hall–Kier alpha value is -1.07. The Labute approximate surface area is 86.9 Å². The number of hydrogen-bond acceptors (Lipinski definition) is 3. The predicted octanol–water partition coefficient (Wildman–Crippen LogP) is 0.735. The second-order valence-electron chi connectivity index (χ2n) is 3.67. The number of hydrogen-bond donors (Lipinski definition) is 2. The summed E-state index contributed by atoms with van der Waals surface area (Å²) in [5.74, 6) is 0. The zero-order valence-electron chi connectivity index (χ0n) is 8.21. The summed E-state index contributed by atoms with van der Waals surface area (Å²) in [6, 6.07) is 5.54. The van der Waals surface area contributed by atoms with E-state index in [1.54, 1.807) is 6.20 Å². The van der Waals surface area contributed by atoms with Gasteiger partial charge in [0.15, 0.2) is 0 Å². The Morgan fingerprint density at radius 1 is 1.47 bits per heavy atom. The highest BCUT2D eigenvalue weighted by Gasteiger charge is 2.39. The highest BCUT2D eigenvalue weighted by atomic mass is 19.3. The lowest BCUT2D eigenvalue weighted by molar-refractivity contribution is 0.111. The molecule has 0 spiro atoms. The van der Waals surface area contributed by atoms with E-state index < -0.39 is 12.0 Å². The van der Waals surface area contributed by atoms with Gasteiger partial charge in [0, 0.05) is 19.3 Å². The minimum Gasteiger partial charge on any atom is -0.312 e. The Balaban J connectivity index is 2.08. The summed E-state index contributed by atoms with van der Waals surface area (Å²) in [7, 11) is 0. The molecule has 1 aromatic rings. The third kappa shape index (κ3) is 2.13. The van der Waals surface area contributed by atoms with Crippen LogP contribution in [0, 0.1) is 0 Å². The lowest BCUT2D eigenvalue weighted by Gasteiger charge is -2.42. The van der Waals surface area contributed by atoms with E-state index in [1.807, 2.05) is 18.2 Å². The molecule has 1 fully saturated rings. The topological polar surface area (TPSA) is 37.0 Å². The van der Waals surface area contributed by atoms with Crippen LogP contribution < -0.4 is 10.6 Å². The van der Waals surface area contributed by atoms with E-state index in [9.17, 15) is 8.78 Å². The molecule has 0 saturated carbocycles. The molecule has 0 amide bonds. The molecule has 0 aliphatic carbocycles. The van der Waals surface area contributed by atoms with E-state index in [1.165, 1.54) is 0 Å². The molecule has 1 aliphatic heterocycles. The van der Waals surface area contributed by atoms with Crippen LogP contribution in [0.1, 0.15) is 5.69 Å². The van der Waals surface area contributed by atoms with Gasteiger partial charge >= 0.3 is 0 Å². The second kappa shape index (κ2) is 4.20. The highest BCUT2D eigenvalue weighted by molar-refractivity contribution is 5.21. The van der Waals surface area contributed by atoms with Gasteiger partial charge in [-0.1, -0.05) is 6.07 Å². The zero-order chi connectivity index (χ0) is 10.7. The number of aromatic nitrogens is 1. The molecule has 1 aliphatic rings. The van der Waals surface area contributed by atoms with E-state index >= 15 is 0 Å². The molecule has 0 aromatic carbocycles. The van der Waals surface area contributed by atoms with Crippen LogP contribution in [0.2, 0.25) is 0 Å². The predicted molar refractivity (Wildman–Crippen MR) is 52.8 cm³/mol. The van der Waals surface area contributed by atoms with Crippen molar-refractivity contribution >= 4 is 0 Å². The summed E-state index contributed by atoms with van der Waals surface area (Å²) in [4.78, 5) is 4.20. The van der Waals surface area contributed by atoms with Gasteiger partial charge in [0.05, 0.1) is 17.8 Å². The van der Waals surface area contributed by atoms with Crippen molar-refractivity contribution < 1.29 is 8.78 Å². The molecular formula is C10H13F2N3. The van der Waals surface area contributed by atoms with Crippen LogP contribution in [-0.4, -0.2) is 31.0 Å². The first-order valence-corrected chi connectivity index (χ1v) is 4.88. The lowest BCUT2D eigenvalue weighted by atomic mass is 9.88. The van der Waals surface area contributed by atoms with Gasteiger partial charge in [0.25, 0.3) is 6.43 Å². The van der Waals surface area contributed by atoms with Gasteiger partial charge in [-0.3, -0.25) is 10.3 Å². The fourth-order valence-electron chi connectivity index (χ4n) is 1.69. The minimum absolute atomic E-state index is 0.293. The van der Waals surface area contributed by atoms with Crippen LogP contribution in [-0.2, 0) is 5.54 Å². The van der Waals surface area contributed by atoms with E-state index in [0.29, 0.717) is 13.1 Å². The molecule has 2 heterocycles. The molecule has 82 valence electrons. The third-order valence-corrected chi connectivity index (χ3v) is 2.60. The number of nitrogens with one attached hydrogen (secondary N) is 2. The molecule has 5 heteroatoms. The number of alkyl halides is 2. The molecule has 1 saturated heterocycles. The first-order chi connectivity index (χ1) is 7.23. The smallest absolute Gasteiger partial charge is 0.250 e. The Kier molecular flexibility index (Phi) is 2.93. The van der Waals surface area contributed by atoms with Gasteiger partial charge < -0.3 is 5.32 Å². The summed E-state index contributed by atoms with van der Waals surface area (Å²) in [5, 5.41) is 5.95. The SMILES string of the molecule is FC(F)CNC1(c2ccccn2)CNC1. The van der Waals surface area contributed by atoms with E-state index in [2.05, 4.69) is 15.6 Å². The third-order valence-electron chi connectivity index (χ3n) is 2.60. The van der Waals surface area contributed by atoms with Gasteiger partial charge in [-0.2, -0.15) is 0 Å². The fraction of sp³-hybridized carbons (Fsp3) is 0.500. The second-order valence-corrected chi connectivity index (χ2v) is 3.67. The van der Waals surface area contributed by atoms with E-state index in [-0.39, 0.29) is 6.54 Å². The van der Waals surface area contributed by atoms with E-state index in [4.69, 9.17) is 0 Å². The molecule has 0 atom stereocenters. The van der Waals surface area contributed by atoms with Gasteiger partial charge in [-0.05, 0) is 12.1 Å². The summed E-state index contributed by atoms with van der Waals surface area (Å²) >= 11 is 0. The molecule has 15 heavy (non-hydrogen) atoms. The zero-order valence-corrected chi connectivity index (χ0v) is 8.21. The molecule has 2 N–H and O–H groups in total. The van der Waals surface area contributed by atoms with Crippen molar-refractivity contribution in [2.75, 3.05) is 19.6 Å². The number of rotatable bonds is 4. The Morgan fingerprint density at radius 3 is 2.73 bits per heavy atom. The maximum absolute atomic E-state index is 12.1. The molecule has 0 bridgehead atoms. The van der Waals surface area contributed by atoms with Crippen molar-refractivity contribution in [3.05, 3.63) is 30.1 Å². The standard InChI is InChI=1S/C10H13F2N3/c11-9(12)5-15-10(6-13-7-10)8-3-1-2-4-14-8/h1-4,9,13,15H,5-7H2. The van der Waals surface area contributed by atoms with Gasteiger partial charge in [-0.15, -0.1) is 0 Å². The molecule has 0 radical (unpaired) electrons. The first-order valence-electron chi connectivity index (χ1n) is 4.88. The van der Waals surface area contributed by atoms with Crippen molar-refractivity contribution in [1.82, 2.24) is 15.6 Å². The Morgan fingerprint density at radius 2 is 2.27 bits per heavy atom. The van der Waals surface area contributed by atoms with E-state index in [0.717, 1.165) is 5.69 Å². The van der Waals surface area contributed by atoms with Crippen molar-refractivity contribution in [2.24, 2.45) is 0 Å². The molecular weight excluding hydrogens is 200 g/mol. The number of halogens is 2. The summed E-state index contributed by atoms with van der Waals surface area (Å²) in [6.07, 6.45) is -0.648. The lowest BCUT2D eigenvalue weighted by Crippen LogP contribution is -2.66. The maximum Gasteiger partial charge on any atom is 0.250 e. The maximum atomic E-state index is 12.1. The molecule has 0 unspecified atom stereocenters. The van der Waals surface area contributed by atoms with Gasteiger partial charge in [0.1, 0.15) is 0 Å². The Bertz CT molecular complexity index is 312. The first kappa shape index (κ1) is 10.4. The summed E-state index contributed by atoms with van der Waals surface area (Å²) in [5.41, 5.74) is 0.418. The molecule has 2 rings (SSSR count). The average molecular weight is 213 g/mol. The van der Waals surface area contributed by atoms with Crippen LogP contribution in [0.4, 0.5) is 8.78 Å². The highest BCUT2D eigenvalue weighted by Crippen LogP contribution is 2.23. The summed E-state index contributed by atoms with van der Waals surface area (Å²) < 4.78 is 24.3. The minimum atomic E-state index is -2.33. The largest absolute Gasteiger partial charge is 0.312 e. The molecule has 1 aromatic heterocycles. The monoisotopic (exact) mass is 213 g/mol. The quantitative estimate of drug-likeness (QED) is 0.774. The number of pyridine rings is 1. The van der Waals surface area contributed by atoms with Crippen LogP contribution in [0.5, 0.6) is 0 Å². The van der Waals surface area contributed by atoms with Crippen molar-refractivity contribution in [3.8, 4) is 0 Å². The fourth-order valence-corrected chi connectivity index (χ4v) is 1.69. The van der Waals surface area contributed by atoms with Crippen LogP contribution in [0.25, 0.3) is 0 Å². The van der Waals surface area contributed by atoms with Crippen LogP contribution in [0.15, 0.2) is 24.4 Å². The van der Waals surface area contributed by atoms with Crippen molar-refractivity contribution in [2.45, 2.75) is 12.0 Å². The normalized spacial score (nSPS) is 18.9. The van der Waals surface area contributed by atoms with Gasteiger partial charge in [-0.25, -0.2) is 8.78 Å². The van der Waals surface area contributed by atoms with Crippen molar-refractivity contribution in [3.63, 3.8) is 0 Å². The van der Waals surface area contributed by atoms with Gasteiger partial charge in [0.2, 0.25) is 0 Å².